The Morgan fingerprint density at radius 3 is 2.65 bits per heavy atom. The standard InChI is InChI=1S/C16H21NO3/c1-4-10-16(3,15(19)20)17-14(18)9-8-13-7-5-6-12(2)11-13/h5-9,11H,4,10H2,1-3H3,(H,17,18)(H,19,20)/b9-8+. The Hall–Kier alpha value is -2.10. The van der Waals surface area contributed by atoms with Crippen molar-refractivity contribution in [1.29, 1.82) is 0 Å². The van der Waals surface area contributed by atoms with Crippen LogP contribution in [0.1, 0.15) is 37.8 Å². The van der Waals surface area contributed by atoms with Crippen molar-refractivity contribution in [2.75, 3.05) is 0 Å². The Bertz CT molecular complexity index is 522. The minimum Gasteiger partial charge on any atom is -0.480 e. The van der Waals surface area contributed by atoms with E-state index in [1.54, 1.807) is 6.08 Å². The van der Waals surface area contributed by atoms with Crippen LogP contribution >= 0.6 is 0 Å². The smallest absolute Gasteiger partial charge is 0.329 e. The highest BCUT2D eigenvalue weighted by Crippen LogP contribution is 2.13. The Morgan fingerprint density at radius 1 is 1.40 bits per heavy atom. The molecule has 0 heterocycles. The molecule has 0 aromatic heterocycles. The molecule has 0 saturated heterocycles. The van der Waals surface area contributed by atoms with Crippen LogP contribution in [0.4, 0.5) is 0 Å². The van der Waals surface area contributed by atoms with Crippen molar-refractivity contribution < 1.29 is 14.7 Å². The van der Waals surface area contributed by atoms with E-state index in [1.165, 1.54) is 13.0 Å². The Morgan fingerprint density at radius 2 is 2.10 bits per heavy atom. The lowest BCUT2D eigenvalue weighted by molar-refractivity contribution is -0.146. The van der Waals surface area contributed by atoms with Crippen molar-refractivity contribution in [1.82, 2.24) is 5.32 Å². The van der Waals surface area contributed by atoms with Crippen LogP contribution < -0.4 is 5.32 Å². The summed E-state index contributed by atoms with van der Waals surface area (Å²) in [6, 6.07) is 7.72. The number of nitrogens with one attached hydrogen (secondary N) is 1. The molecule has 0 aliphatic heterocycles. The van der Waals surface area contributed by atoms with E-state index in [0.29, 0.717) is 12.8 Å². The maximum absolute atomic E-state index is 11.8. The van der Waals surface area contributed by atoms with E-state index < -0.39 is 17.4 Å². The van der Waals surface area contributed by atoms with Gasteiger partial charge in [-0.05, 0) is 31.9 Å². The van der Waals surface area contributed by atoms with Crippen molar-refractivity contribution in [2.24, 2.45) is 0 Å². The summed E-state index contributed by atoms with van der Waals surface area (Å²) >= 11 is 0. The average molecular weight is 275 g/mol. The Balaban J connectivity index is 2.73. The summed E-state index contributed by atoms with van der Waals surface area (Å²) in [4.78, 5) is 23.1. The van der Waals surface area contributed by atoms with Gasteiger partial charge < -0.3 is 10.4 Å². The van der Waals surface area contributed by atoms with E-state index in [2.05, 4.69) is 5.32 Å². The number of carbonyl (C=O) groups is 2. The van der Waals surface area contributed by atoms with Crippen molar-refractivity contribution in [2.45, 2.75) is 39.2 Å². The number of carbonyl (C=O) groups excluding carboxylic acids is 1. The van der Waals surface area contributed by atoms with Gasteiger partial charge in [0.15, 0.2) is 0 Å². The van der Waals surface area contributed by atoms with Crippen molar-refractivity contribution in [3.63, 3.8) is 0 Å². The number of amides is 1. The predicted octanol–water partition coefficient (Wildman–Crippen LogP) is 2.77. The number of rotatable bonds is 6. The predicted molar refractivity (Wildman–Crippen MR) is 79.3 cm³/mol. The quantitative estimate of drug-likeness (QED) is 0.784. The fraction of sp³-hybridized carbons (Fsp3) is 0.375. The first-order valence-corrected chi connectivity index (χ1v) is 6.67. The van der Waals surface area contributed by atoms with Gasteiger partial charge in [-0.3, -0.25) is 4.79 Å². The highest BCUT2D eigenvalue weighted by Gasteiger charge is 2.33. The molecule has 0 aliphatic rings. The normalized spacial score (nSPS) is 13.9. The van der Waals surface area contributed by atoms with Gasteiger partial charge >= 0.3 is 5.97 Å². The summed E-state index contributed by atoms with van der Waals surface area (Å²) in [5.74, 6) is -1.42. The minimum absolute atomic E-state index is 0.395. The number of carboxylic acid groups (broad SMARTS) is 1. The molecule has 0 bridgehead atoms. The molecule has 1 amide bonds. The van der Waals surface area contributed by atoms with E-state index in [-0.39, 0.29) is 0 Å². The molecule has 2 N–H and O–H groups in total. The van der Waals surface area contributed by atoms with Crippen LogP contribution in [-0.2, 0) is 9.59 Å². The van der Waals surface area contributed by atoms with Gasteiger partial charge in [-0.15, -0.1) is 0 Å². The molecule has 1 atom stereocenters. The molecule has 4 nitrogen and oxygen atoms in total. The number of carboxylic acids is 1. The molecule has 0 aliphatic carbocycles. The molecule has 0 fully saturated rings. The van der Waals surface area contributed by atoms with E-state index in [0.717, 1.165) is 11.1 Å². The van der Waals surface area contributed by atoms with Gasteiger partial charge in [0.2, 0.25) is 5.91 Å². The molecule has 1 rings (SSSR count). The summed E-state index contributed by atoms with van der Waals surface area (Å²) in [5.41, 5.74) is 0.796. The Kier molecular flexibility index (Phi) is 5.50. The summed E-state index contributed by atoms with van der Waals surface area (Å²) in [7, 11) is 0. The third kappa shape index (κ3) is 4.53. The van der Waals surface area contributed by atoms with Crippen molar-refractivity contribution in [3.8, 4) is 0 Å². The lowest BCUT2D eigenvalue weighted by Crippen LogP contribution is -2.51. The molecule has 1 unspecified atom stereocenters. The molecular weight excluding hydrogens is 254 g/mol. The fourth-order valence-corrected chi connectivity index (χ4v) is 1.98. The zero-order valence-corrected chi connectivity index (χ0v) is 12.1. The zero-order valence-electron chi connectivity index (χ0n) is 12.1. The fourth-order valence-electron chi connectivity index (χ4n) is 1.98. The van der Waals surface area contributed by atoms with E-state index in [4.69, 9.17) is 0 Å². The average Bonchev–Trinajstić information content (AvgIpc) is 2.36. The number of aryl methyl sites for hydroxylation is 1. The molecular formula is C16H21NO3. The number of benzene rings is 1. The number of aliphatic carboxylic acids is 1. The van der Waals surface area contributed by atoms with Gasteiger partial charge in [-0.25, -0.2) is 4.79 Å². The highest BCUT2D eigenvalue weighted by atomic mass is 16.4. The first-order chi connectivity index (χ1) is 9.37. The van der Waals surface area contributed by atoms with Gasteiger partial charge in [0, 0.05) is 6.08 Å². The Labute approximate surface area is 119 Å². The molecule has 0 saturated carbocycles. The van der Waals surface area contributed by atoms with E-state index >= 15 is 0 Å². The van der Waals surface area contributed by atoms with Crippen LogP contribution in [0.5, 0.6) is 0 Å². The van der Waals surface area contributed by atoms with Gasteiger partial charge in [-0.1, -0.05) is 43.2 Å². The maximum atomic E-state index is 11.8. The molecule has 1 aromatic rings. The number of hydrogen-bond acceptors (Lipinski definition) is 2. The third-order valence-electron chi connectivity index (χ3n) is 3.09. The van der Waals surface area contributed by atoms with Gasteiger partial charge in [-0.2, -0.15) is 0 Å². The van der Waals surface area contributed by atoms with Gasteiger partial charge in [0.05, 0.1) is 0 Å². The molecule has 0 spiro atoms. The van der Waals surface area contributed by atoms with Gasteiger partial charge in [0.25, 0.3) is 0 Å². The van der Waals surface area contributed by atoms with Crippen LogP contribution in [0.2, 0.25) is 0 Å². The second kappa shape index (κ2) is 6.89. The summed E-state index contributed by atoms with van der Waals surface area (Å²) in [5, 5.41) is 11.7. The van der Waals surface area contributed by atoms with Crippen molar-refractivity contribution >= 4 is 18.0 Å². The van der Waals surface area contributed by atoms with Crippen molar-refractivity contribution in [3.05, 3.63) is 41.5 Å². The molecule has 108 valence electrons. The first kappa shape index (κ1) is 16.0. The molecule has 0 radical (unpaired) electrons. The van der Waals surface area contributed by atoms with Crippen LogP contribution in [0, 0.1) is 6.92 Å². The summed E-state index contributed by atoms with van der Waals surface area (Å²) < 4.78 is 0. The monoisotopic (exact) mass is 275 g/mol. The zero-order chi connectivity index (χ0) is 15.2. The topological polar surface area (TPSA) is 66.4 Å². The molecule has 1 aromatic carbocycles. The summed E-state index contributed by atoms with van der Waals surface area (Å²) in [6.07, 6.45) is 4.12. The van der Waals surface area contributed by atoms with E-state index in [9.17, 15) is 14.7 Å². The number of hydrogen-bond donors (Lipinski definition) is 2. The second-order valence-corrected chi connectivity index (χ2v) is 5.12. The molecule has 20 heavy (non-hydrogen) atoms. The lowest BCUT2D eigenvalue weighted by Gasteiger charge is -2.24. The maximum Gasteiger partial charge on any atom is 0.329 e. The lowest BCUT2D eigenvalue weighted by atomic mass is 9.96. The minimum atomic E-state index is -1.22. The van der Waals surface area contributed by atoms with E-state index in [1.807, 2.05) is 38.1 Å². The van der Waals surface area contributed by atoms with Crippen LogP contribution in [0.3, 0.4) is 0 Å². The van der Waals surface area contributed by atoms with Crippen LogP contribution in [-0.4, -0.2) is 22.5 Å². The van der Waals surface area contributed by atoms with Crippen LogP contribution in [0.25, 0.3) is 6.08 Å². The SMILES string of the molecule is CCCC(C)(NC(=O)/C=C/c1cccc(C)c1)C(=O)O. The third-order valence-corrected chi connectivity index (χ3v) is 3.09. The second-order valence-electron chi connectivity index (χ2n) is 5.12. The van der Waals surface area contributed by atoms with Gasteiger partial charge in [0.1, 0.15) is 5.54 Å². The summed E-state index contributed by atoms with van der Waals surface area (Å²) in [6.45, 7) is 5.38. The highest BCUT2D eigenvalue weighted by molar-refractivity contribution is 5.95. The molecule has 4 heteroatoms. The van der Waals surface area contributed by atoms with Crippen LogP contribution in [0.15, 0.2) is 30.3 Å². The first-order valence-electron chi connectivity index (χ1n) is 6.67. The largest absolute Gasteiger partial charge is 0.480 e.